The van der Waals surface area contributed by atoms with Gasteiger partial charge in [0.1, 0.15) is 5.75 Å². The van der Waals surface area contributed by atoms with E-state index in [1.54, 1.807) is 18.3 Å². The van der Waals surface area contributed by atoms with E-state index in [1.807, 2.05) is 13.8 Å². The van der Waals surface area contributed by atoms with Crippen LogP contribution in [-0.2, 0) is 0 Å². The van der Waals surface area contributed by atoms with E-state index in [0.717, 1.165) is 17.5 Å². The first kappa shape index (κ1) is 15.4. The fourth-order valence-electron chi connectivity index (χ4n) is 2.13. The lowest BCUT2D eigenvalue weighted by Crippen LogP contribution is -2.17. The van der Waals surface area contributed by atoms with E-state index >= 15 is 0 Å². The number of hydrogen-bond acceptors (Lipinski definition) is 3. The number of hydrogen-bond donors (Lipinski definition) is 1. The van der Waals surface area contributed by atoms with E-state index in [-0.39, 0.29) is 11.8 Å². The second-order valence-electron chi connectivity index (χ2n) is 4.77. The lowest BCUT2D eigenvalue weighted by molar-refractivity contribution is -0.274. The monoisotopic (exact) mass is 297 g/mol. The normalized spacial score (nSPS) is 13.2. The Morgan fingerprint density at radius 1 is 1.33 bits per heavy atom. The summed E-state index contributed by atoms with van der Waals surface area (Å²) in [6.45, 7) is 4.01. The number of rotatable bonds is 5. The number of aromatic nitrogens is 1. The van der Waals surface area contributed by atoms with Crippen molar-refractivity contribution in [2.24, 2.45) is 0 Å². The van der Waals surface area contributed by atoms with Crippen molar-refractivity contribution in [3.63, 3.8) is 0 Å². The average molecular weight is 297 g/mol. The highest BCUT2D eigenvalue weighted by atomic mass is 19.4. The van der Waals surface area contributed by atoms with Crippen LogP contribution in [0.15, 0.2) is 30.5 Å². The Labute approximate surface area is 121 Å². The second-order valence-corrected chi connectivity index (χ2v) is 4.77. The van der Waals surface area contributed by atoms with Gasteiger partial charge in [0.05, 0.1) is 5.52 Å². The molecule has 0 saturated heterocycles. The molecule has 21 heavy (non-hydrogen) atoms. The number of halogens is 3. The van der Waals surface area contributed by atoms with Gasteiger partial charge in [-0.25, -0.2) is 0 Å². The lowest BCUT2D eigenvalue weighted by Gasteiger charge is -2.16. The molecule has 0 fully saturated rings. The molecule has 1 atom stereocenters. The summed E-state index contributed by atoms with van der Waals surface area (Å²) in [5, 5.41) is 4.08. The fourth-order valence-corrected chi connectivity index (χ4v) is 2.13. The molecule has 0 aliphatic heterocycles. The summed E-state index contributed by atoms with van der Waals surface area (Å²) in [5.74, 6) is -0.269. The van der Waals surface area contributed by atoms with E-state index in [2.05, 4.69) is 21.5 Å². The SMILES string of the molecule is C[CH]C[C@@H](C)Nc1ccnc2cc(OC(F)(F)F)ccc12. The molecule has 3 nitrogen and oxygen atoms in total. The minimum atomic E-state index is -4.70. The Morgan fingerprint density at radius 3 is 2.76 bits per heavy atom. The summed E-state index contributed by atoms with van der Waals surface area (Å²) in [7, 11) is 0. The predicted octanol–water partition coefficient (Wildman–Crippen LogP) is 4.55. The van der Waals surface area contributed by atoms with Crippen LogP contribution in [0.5, 0.6) is 5.75 Å². The number of nitrogens with one attached hydrogen (secondary N) is 1. The van der Waals surface area contributed by atoms with E-state index < -0.39 is 6.36 Å². The van der Waals surface area contributed by atoms with Gasteiger partial charge in [0, 0.05) is 29.4 Å². The van der Waals surface area contributed by atoms with E-state index in [4.69, 9.17) is 0 Å². The van der Waals surface area contributed by atoms with E-state index in [0.29, 0.717) is 5.52 Å². The number of ether oxygens (including phenoxy) is 1. The third kappa shape index (κ3) is 4.24. The van der Waals surface area contributed by atoms with Crippen LogP contribution in [-0.4, -0.2) is 17.4 Å². The van der Waals surface area contributed by atoms with Crippen LogP contribution in [0.25, 0.3) is 10.9 Å². The van der Waals surface area contributed by atoms with Crippen LogP contribution in [0.4, 0.5) is 18.9 Å². The Bertz CT molecular complexity index is 613. The largest absolute Gasteiger partial charge is 0.573 e. The number of pyridine rings is 1. The molecule has 1 radical (unpaired) electrons. The first-order valence-corrected chi connectivity index (χ1v) is 6.58. The van der Waals surface area contributed by atoms with Gasteiger partial charge >= 0.3 is 6.36 Å². The van der Waals surface area contributed by atoms with Gasteiger partial charge in [-0.05, 0) is 38.0 Å². The minimum absolute atomic E-state index is 0.228. The van der Waals surface area contributed by atoms with Crippen molar-refractivity contribution in [1.29, 1.82) is 0 Å². The molecular weight excluding hydrogens is 281 g/mol. The van der Waals surface area contributed by atoms with Crippen molar-refractivity contribution in [2.45, 2.75) is 32.7 Å². The van der Waals surface area contributed by atoms with Gasteiger partial charge in [-0.1, -0.05) is 6.92 Å². The summed E-state index contributed by atoms with van der Waals surface area (Å²) in [6.07, 6.45) is -0.200. The van der Waals surface area contributed by atoms with Gasteiger partial charge < -0.3 is 10.1 Å². The third-order valence-electron chi connectivity index (χ3n) is 2.94. The summed E-state index contributed by atoms with van der Waals surface area (Å²) < 4.78 is 40.6. The maximum atomic E-state index is 12.2. The van der Waals surface area contributed by atoms with Crippen LogP contribution in [0.2, 0.25) is 0 Å². The molecular formula is C15H16F3N2O. The Kier molecular flexibility index (Phi) is 4.55. The van der Waals surface area contributed by atoms with E-state index in [9.17, 15) is 13.2 Å². The average Bonchev–Trinajstić information content (AvgIpc) is 2.37. The Hall–Kier alpha value is -1.98. The quantitative estimate of drug-likeness (QED) is 0.879. The molecule has 0 amide bonds. The second kappa shape index (κ2) is 6.20. The van der Waals surface area contributed by atoms with Crippen LogP contribution >= 0.6 is 0 Å². The lowest BCUT2D eigenvalue weighted by atomic mass is 10.1. The first-order valence-electron chi connectivity index (χ1n) is 6.58. The number of fused-ring (bicyclic) bond motifs is 1. The molecule has 1 aromatic carbocycles. The van der Waals surface area contributed by atoms with Crippen molar-refractivity contribution in [2.75, 3.05) is 5.32 Å². The Morgan fingerprint density at radius 2 is 2.10 bits per heavy atom. The highest BCUT2D eigenvalue weighted by Crippen LogP contribution is 2.29. The third-order valence-corrected chi connectivity index (χ3v) is 2.94. The van der Waals surface area contributed by atoms with Crippen molar-refractivity contribution < 1.29 is 17.9 Å². The van der Waals surface area contributed by atoms with Gasteiger partial charge in [0.2, 0.25) is 0 Å². The zero-order valence-electron chi connectivity index (χ0n) is 11.7. The molecule has 0 unspecified atom stereocenters. The van der Waals surface area contributed by atoms with E-state index in [1.165, 1.54) is 12.1 Å². The van der Waals surface area contributed by atoms with Crippen molar-refractivity contribution >= 4 is 16.6 Å². The van der Waals surface area contributed by atoms with Crippen LogP contribution < -0.4 is 10.1 Å². The maximum absolute atomic E-state index is 12.2. The molecule has 6 heteroatoms. The highest BCUT2D eigenvalue weighted by molar-refractivity contribution is 5.91. The Balaban J connectivity index is 2.29. The van der Waals surface area contributed by atoms with Gasteiger partial charge in [0.25, 0.3) is 0 Å². The fraction of sp³-hybridized carbons (Fsp3) is 0.333. The molecule has 0 aliphatic carbocycles. The molecule has 0 spiro atoms. The zero-order chi connectivity index (χ0) is 15.5. The van der Waals surface area contributed by atoms with Gasteiger partial charge in [-0.15, -0.1) is 13.2 Å². The summed E-state index contributed by atoms with van der Waals surface area (Å²) in [6, 6.07) is 6.18. The number of anilines is 1. The molecule has 1 heterocycles. The molecule has 0 bridgehead atoms. The molecule has 1 aromatic heterocycles. The topological polar surface area (TPSA) is 34.2 Å². The maximum Gasteiger partial charge on any atom is 0.573 e. The minimum Gasteiger partial charge on any atom is -0.406 e. The molecule has 2 rings (SSSR count). The molecule has 0 aliphatic rings. The molecule has 2 aromatic rings. The van der Waals surface area contributed by atoms with Crippen molar-refractivity contribution in [1.82, 2.24) is 4.98 Å². The predicted molar refractivity (Wildman–Crippen MR) is 76.1 cm³/mol. The number of nitrogens with zero attached hydrogens (tertiary/aromatic N) is 1. The first-order chi connectivity index (χ1) is 9.89. The summed E-state index contributed by atoms with van der Waals surface area (Å²) in [4.78, 5) is 4.09. The molecule has 113 valence electrons. The molecule has 1 N–H and O–H groups in total. The number of benzene rings is 1. The van der Waals surface area contributed by atoms with Gasteiger partial charge in [-0.3, -0.25) is 4.98 Å². The van der Waals surface area contributed by atoms with Gasteiger partial charge in [0.15, 0.2) is 0 Å². The van der Waals surface area contributed by atoms with Crippen molar-refractivity contribution in [3.8, 4) is 5.75 Å². The number of alkyl halides is 3. The molecule has 0 saturated carbocycles. The zero-order valence-corrected chi connectivity index (χ0v) is 11.7. The summed E-state index contributed by atoms with van der Waals surface area (Å²) >= 11 is 0. The van der Waals surface area contributed by atoms with Crippen molar-refractivity contribution in [3.05, 3.63) is 36.9 Å². The van der Waals surface area contributed by atoms with Crippen LogP contribution in [0.1, 0.15) is 20.3 Å². The smallest absolute Gasteiger partial charge is 0.406 e. The van der Waals surface area contributed by atoms with Crippen LogP contribution in [0.3, 0.4) is 0 Å². The van der Waals surface area contributed by atoms with Gasteiger partial charge in [-0.2, -0.15) is 0 Å². The summed E-state index contributed by atoms with van der Waals surface area (Å²) in [5.41, 5.74) is 1.29. The highest BCUT2D eigenvalue weighted by Gasteiger charge is 2.31. The van der Waals surface area contributed by atoms with Crippen LogP contribution in [0, 0.1) is 6.42 Å². The standard InChI is InChI=1S/C15H16F3N2O/c1-3-4-10(2)20-13-7-8-19-14-9-11(5-6-12(13)14)21-15(16,17)18/h3,5-10H,4H2,1-2H3,(H,19,20)/t10-/m1/s1.